The number of nitrogens with zero attached hydrogens (tertiary/aromatic N) is 4. The van der Waals surface area contributed by atoms with Gasteiger partial charge in [-0.15, -0.1) is 0 Å². The molecule has 0 spiro atoms. The number of nitrogens with one attached hydrogen (secondary N) is 2. The van der Waals surface area contributed by atoms with Crippen LogP contribution in [0.4, 0.5) is 0 Å². The summed E-state index contributed by atoms with van der Waals surface area (Å²) in [5, 5.41) is 24.0. The highest BCUT2D eigenvalue weighted by Gasteiger charge is 2.54. The zero-order valence-corrected chi connectivity index (χ0v) is 27.2. The first kappa shape index (κ1) is 33.4. The van der Waals surface area contributed by atoms with Crippen LogP contribution in [-0.2, 0) is 22.5 Å². The van der Waals surface area contributed by atoms with Gasteiger partial charge >= 0.3 is 0 Å². The zero-order chi connectivity index (χ0) is 32.4. The number of amides is 1. The lowest BCUT2D eigenvalue weighted by molar-refractivity contribution is -0.130. The Hall–Kier alpha value is -3.93. The maximum atomic E-state index is 14.5. The van der Waals surface area contributed by atoms with E-state index in [1.807, 2.05) is 60.7 Å². The van der Waals surface area contributed by atoms with Gasteiger partial charge in [-0.3, -0.25) is 10.2 Å². The van der Waals surface area contributed by atoms with E-state index in [-0.39, 0.29) is 32.0 Å². The predicted octanol–water partition coefficient (Wildman–Crippen LogP) is 5.84. The van der Waals surface area contributed by atoms with Gasteiger partial charge in [-0.1, -0.05) is 82.8 Å². The Morgan fingerprint density at radius 3 is 2.50 bits per heavy atom. The fourth-order valence-corrected chi connectivity index (χ4v) is 6.44. The molecule has 0 radical (unpaired) electrons. The molecule has 46 heavy (non-hydrogen) atoms. The number of aliphatic hydroxyl groups excluding tert-OH is 1. The molecular weight excluding hydrogens is 652 g/mol. The number of carbonyl (C=O) groups excluding carboxylic acids is 1. The summed E-state index contributed by atoms with van der Waals surface area (Å²) in [6.45, 7) is 0.701. The molecule has 0 unspecified atom stereocenters. The van der Waals surface area contributed by atoms with Gasteiger partial charge in [0.05, 0.1) is 18.8 Å². The molecule has 1 fully saturated rings. The second-order valence-electron chi connectivity index (χ2n) is 11.7. The lowest BCUT2D eigenvalue weighted by atomic mass is 9.80. The van der Waals surface area contributed by atoms with E-state index < -0.39 is 23.2 Å². The molecule has 2 atom stereocenters. The molecule has 242 valence electrons. The van der Waals surface area contributed by atoms with E-state index in [1.54, 1.807) is 12.1 Å². The first-order chi connectivity index (χ1) is 22.4. The molecule has 11 nitrogen and oxygen atoms in total. The van der Waals surface area contributed by atoms with Crippen molar-refractivity contribution in [1.82, 2.24) is 10.9 Å². The van der Waals surface area contributed by atoms with Crippen LogP contribution < -0.4 is 15.6 Å². The SMILES string of the molecule is [N-]=[N+]=NCc1ccccc1[C@@H]1OC(c2ccc(OCCCO)cc2)=N[C@]1(Cc1ccccc1Br)C(=O)NNCC1(O)CCCCC1. The molecule has 1 aliphatic heterocycles. The van der Waals surface area contributed by atoms with Crippen LogP contribution in [0.5, 0.6) is 5.75 Å². The molecule has 1 amide bonds. The normalized spacial score (nSPS) is 20.2. The average molecular weight is 692 g/mol. The summed E-state index contributed by atoms with van der Waals surface area (Å²) >= 11 is 3.65. The monoisotopic (exact) mass is 690 g/mol. The van der Waals surface area contributed by atoms with Crippen molar-refractivity contribution in [2.45, 2.75) is 68.7 Å². The van der Waals surface area contributed by atoms with Crippen LogP contribution in [0.3, 0.4) is 0 Å². The minimum atomic E-state index is -1.50. The Morgan fingerprint density at radius 1 is 1.07 bits per heavy atom. The van der Waals surface area contributed by atoms with E-state index in [0.29, 0.717) is 48.3 Å². The smallest absolute Gasteiger partial charge is 0.266 e. The van der Waals surface area contributed by atoms with Crippen molar-refractivity contribution in [2.24, 2.45) is 10.1 Å². The van der Waals surface area contributed by atoms with Crippen LogP contribution in [0, 0.1) is 0 Å². The van der Waals surface area contributed by atoms with Crippen molar-refractivity contribution in [1.29, 1.82) is 0 Å². The summed E-state index contributed by atoms with van der Waals surface area (Å²) in [7, 11) is 0. The fraction of sp³-hybridized carbons (Fsp3) is 0.412. The lowest BCUT2D eigenvalue weighted by Crippen LogP contribution is -2.56. The summed E-state index contributed by atoms with van der Waals surface area (Å²) in [6, 6.07) is 22.3. The standard InChI is InChI=1S/C34H39BrN6O5/c35-29-12-5-3-9-25(29)21-34(32(43)40-38-23-33(44)17-6-1-7-18-33)30(28-11-4-2-10-26(28)22-37-41-36)46-31(39-34)24-13-15-27(16-14-24)45-20-8-19-42/h2-5,9-16,30,38,42,44H,1,6-8,17-23H2,(H,40,43)/t30-,34-/m0/s1. The molecule has 1 aliphatic carbocycles. The third-order valence-corrected chi connectivity index (χ3v) is 9.27. The average Bonchev–Trinajstić information content (AvgIpc) is 3.46. The van der Waals surface area contributed by atoms with Crippen molar-refractivity contribution in [3.8, 4) is 5.75 Å². The van der Waals surface area contributed by atoms with Gasteiger partial charge < -0.3 is 19.7 Å². The first-order valence-electron chi connectivity index (χ1n) is 15.6. The number of halogens is 1. The molecule has 2 aliphatic rings. The first-order valence-corrected chi connectivity index (χ1v) is 16.4. The number of aliphatic hydroxyl groups is 2. The molecule has 0 saturated heterocycles. The van der Waals surface area contributed by atoms with Gasteiger partial charge in [-0.05, 0) is 65.4 Å². The quantitative estimate of drug-likeness (QED) is 0.0547. The van der Waals surface area contributed by atoms with E-state index >= 15 is 0 Å². The minimum absolute atomic E-state index is 0.0427. The number of hydrogen-bond donors (Lipinski definition) is 4. The highest BCUT2D eigenvalue weighted by atomic mass is 79.9. The summed E-state index contributed by atoms with van der Waals surface area (Å²) in [6.07, 6.45) is 4.11. The van der Waals surface area contributed by atoms with Gasteiger partial charge in [-0.2, -0.15) is 0 Å². The Kier molecular flexibility index (Phi) is 11.3. The van der Waals surface area contributed by atoms with E-state index in [4.69, 9.17) is 25.1 Å². The van der Waals surface area contributed by atoms with Crippen molar-refractivity contribution in [2.75, 3.05) is 19.8 Å². The maximum Gasteiger partial charge on any atom is 0.266 e. The van der Waals surface area contributed by atoms with Crippen LogP contribution in [0.15, 0.2) is 87.4 Å². The summed E-state index contributed by atoms with van der Waals surface area (Å²) in [4.78, 5) is 22.6. The fourth-order valence-electron chi connectivity index (χ4n) is 6.02. The van der Waals surface area contributed by atoms with Gasteiger partial charge in [0.1, 0.15) is 5.75 Å². The zero-order valence-electron chi connectivity index (χ0n) is 25.6. The second kappa shape index (κ2) is 15.6. The van der Waals surface area contributed by atoms with E-state index in [0.717, 1.165) is 29.3 Å². The maximum absolute atomic E-state index is 14.5. The van der Waals surface area contributed by atoms with E-state index in [2.05, 4.69) is 36.8 Å². The Balaban J connectivity index is 1.56. The van der Waals surface area contributed by atoms with Gasteiger partial charge in [0.15, 0.2) is 11.6 Å². The molecule has 5 rings (SSSR count). The Labute approximate surface area is 276 Å². The minimum Gasteiger partial charge on any atom is -0.494 e. The van der Waals surface area contributed by atoms with Gasteiger partial charge in [0, 0.05) is 40.9 Å². The van der Waals surface area contributed by atoms with Gasteiger partial charge in [0.2, 0.25) is 5.90 Å². The van der Waals surface area contributed by atoms with Gasteiger partial charge in [0.25, 0.3) is 5.91 Å². The van der Waals surface area contributed by atoms with Crippen molar-refractivity contribution >= 4 is 27.7 Å². The highest BCUT2D eigenvalue weighted by molar-refractivity contribution is 9.10. The van der Waals surface area contributed by atoms with Crippen LogP contribution in [0.2, 0.25) is 0 Å². The summed E-state index contributed by atoms with van der Waals surface area (Å²) in [5.41, 5.74) is 15.5. The van der Waals surface area contributed by atoms with E-state index in [9.17, 15) is 9.90 Å². The molecule has 4 N–H and O–H groups in total. The highest BCUT2D eigenvalue weighted by Crippen LogP contribution is 2.44. The van der Waals surface area contributed by atoms with Crippen molar-refractivity contribution < 1.29 is 24.5 Å². The molecule has 3 aromatic rings. The molecule has 0 bridgehead atoms. The van der Waals surface area contributed by atoms with E-state index in [1.165, 1.54) is 0 Å². The number of hydrazine groups is 1. The van der Waals surface area contributed by atoms with Gasteiger partial charge in [-0.25, -0.2) is 10.4 Å². The third kappa shape index (κ3) is 7.89. The van der Waals surface area contributed by atoms with Crippen LogP contribution in [0.25, 0.3) is 10.4 Å². The topological polar surface area (TPSA) is 161 Å². The molecule has 0 aromatic heterocycles. The number of hydrogen-bond acceptors (Lipinski definition) is 8. The molecule has 3 aromatic carbocycles. The number of rotatable bonds is 14. The van der Waals surface area contributed by atoms with Crippen LogP contribution >= 0.6 is 15.9 Å². The Morgan fingerprint density at radius 2 is 1.78 bits per heavy atom. The van der Waals surface area contributed by atoms with Crippen molar-refractivity contribution in [3.63, 3.8) is 0 Å². The summed E-state index contributed by atoms with van der Waals surface area (Å²) < 4.78 is 13.2. The number of ether oxygens (including phenoxy) is 2. The predicted molar refractivity (Wildman–Crippen MR) is 178 cm³/mol. The van der Waals surface area contributed by atoms with Crippen molar-refractivity contribution in [3.05, 3.63) is 110 Å². The van der Waals surface area contributed by atoms with Crippen LogP contribution in [-0.4, -0.2) is 52.9 Å². The third-order valence-electron chi connectivity index (χ3n) is 8.49. The largest absolute Gasteiger partial charge is 0.494 e. The van der Waals surface area contributed by atoms with Crippen LogP contribution in [0.1, 0.15) is 66.9 Å². The second-order valence-corrected chi connectivity index (χ2v) is 12.6. The molecular formula is C34H39BrN6O5. The summed E-state index contributed by atoms with van der Waals surface area (Å²) in [5.74, 6) is 0.484. The lowest BCUT2D eigenvalue weighted by Gasteiger charge is -2.34. The number of aliphatic imine (C=N–C) groups is 1. The Bertz CT molecular complexity index is 1570. The number of benzene rings is 3. The molecule has 1 saturated carbocycles. The molecule has 1 heterocycles. The molecule has 12 heteroatoms. The number of carbonyl (C=O) groups is 1. The number of azide groups is 1.